The Hall–Kier alpha value is -2.34. The zero-order valence-corrected chi connectivity index (χ0v) is 14.1. The van der Waals surface area contributed by atoms with Gasteiger partial charge in [-0.2, -0.15) is 5.10 Å². The van der Waals surface area contributed by atoms with E-state index >= 15 is 0 Å². The number of aromatic nitrogens is 2. The average molecular weight is 325 g/mol. The SMILES string of the molecule is Cc1cccc2c1CC(C(=O)N1C[C@@H](N)[C@H](c3cnn(C)c3)C1)N2. The number of aryl methyl sites for hydroxylation is 2. The summed E-state index contributed by atoms with van der Waals surface area (Å²) < 4.78 is 1.78. The molecule has 4 rings (SSSR count). The number of nitrogens with one attached hydrogen (secondary N) is 1. The van der Waals surface area contributed by atoms with Crippen molar-refractivity contribution in [2.75, 3.05) is 18.4 Å². The van der Waals surface area contributed by atoms with Gasteiger partial charge in [0.05, 0.1) is 6.20 Å². The second kappa shape index (κ2) is 5.63. The predicted molar refractivity (Wildman–Crippen MR) is 92.8 cm³/mol. The Kier molecular flexibility index (Phi) is 3.57. The van der Waals surface area contributed by atoms with Gasteiger partial charge in [-0.1, -0.05) is 12.1 Å². The molecule has 1 amide bonds. The van der Waals surface area contributed by atoms with Crippen molar-refractivity contribution < 1.29 is 4.79 Å². The van der Waals surface area contributed by atoms with Crippen LogP contribution in [0.15, 0.2) is 30.6 Å². The zero-order chi connectivity index (χ0) is 16.8. The fourth-order valence-electron chi connectivity index (χ4n) is 3.91. The number of hydrogen-bond donors (Lipinski definition) is 2. The minimum Gasteiger partial charge on any atom is -0.373 e. The highest BCUT2D eigenvalue weighted by molar-refractivity contribution is 5.88. The lowest BCUT2D eigenvalue weighted by Crippen LogP contribution is -2.41. The molecule has 0 bridgehead atoms. The highest BCUT2D eigenvalue weighted by Crippen LogP contribution is 2.31. The number of hydrogen-bond acceptors (Lipinski definition) is 4. The summed E-state index contributed by atoms with van der Waals surface area (Å²) in [4.78, 5) is 14.8. The van der Waals surface area contributed by atoms with Crippen LogP contribution in [0, 0.1) is 6.92 Å². The highest BCUT2D eigenvalue weighted by atomic mass is 16.2. The summed E-state index contributed by atoms with van der Waals surface area (Å²) in [6, 6.07) is 5.95. The van der Waals surface area contributed by atoms with Crippen LogP contribution in [0.25, 0.3) is 0 Å². The van der Waals surface area contributed by atoms with Crippen molar-refractivity contribution in [2.45, 2.75) is 31.3 Å². The van der Waals surface area contributed by atoms with E-state index in [4.69, 9.17) is 5.73 Å². The van der Waals surface area contributed by atoms with E-state index < -0.39 is 0 Å². The molecular formula is C18H23N5O. The Labute approximate surface area is 141 Å². The van der Waals surface area contributed by atoms with Crippen LogP contribution >= 0.6 is 0 Å². The third-order valence-electron chi connectivity index (χ3n) is 5.28. The lowest BCUT2D eigenvalue weighted by atomic mass is 9.98. The molecule has 1 unspecified atom stereocenters. The van der Waals surface area contributed by atoms with Gasteiger partial charge in [-0.25, -0.2) is 0 Å². The number of amides is 1. The van der Waals surface area contributed by atoms with Crippen LogP contribution in [0.5, 0.6) is 0 Å². The fraction of sp³-hybridized carbons (Fsp3) is 0.444. The molecule has 2 aromatic rings. The maximum Gasteiger partial charge on any atom is 0.245 e. The van der Waals surface area contributed by atoms with Crippen LogP contribution in [0.3, 0.4) is 0 Å². The topological polar surface area (TPSA) is 76.2 Å². The van der Waals surface area contributed by atoms with E-state index in [1.807, 2.05) is 36.5 Å². The summed E-state index contributed by atoms with van der Waals surface area (Å²) in [5, 5.41) is 7.60. The van der Waals surface area contributed by atoms with Gasteiger partial charge in [0.15, 0.2) is 0 Å². The van der Waals surface area contributed by atoms with Gasteiger partial charge in [0.25, 0.3) is 0 Å². The van der Waals surface area contributed by atoms with E-state index in [0.717, 1.165) is 17.7 Å². The second-order valence-electron chi connectivity index (χ2n) is 6.96. The number of nitrogens with two attached hydrogens (primary N) is 1. The van der Waals surface area contributed by atoms with E-state index in [1.54, 1.807) is 4.68 Å². The van der Waals surface area contributed by atoms with Crippen molar-refractivity contribution in [3.63, 3.8) is 0 Å². The minimum absolute atomic E-state index is 0.0383. The van der Waals surface area contributed by atoms with Crippen molar-refractivity contribution in [3.05, 3.63) is 47.3 Å². The van der Waals surface area contributed by atoms with Crippen LogP contribution in [0.1, 0.15) is 22.6 Å². The number of rotatable bonds is 2. The first-order chi connectivity index (χ1) is 11.5. The Morgan fingerprint density at radius 3 is 2.92 bits per heavy atom. The third-order valence-corrected chi connectivity index (χ3v) is 5.28. The van der Waals surface area contributed by atoms with Gasteiger partial charge in [-0.3, -0.25) is 9.48 Å². The maximum atomic E-state index is 12.9. The van der Waals surface area contributed by atoms with Gasteiger partial charge in [-0.15, -0.1) is 0 Å². The van der Waals surface area contributed by atoms with Crippen molar-refractivity contribution in [2.24, 2.45) is 12.8 Å². The second-order valence-corrected chi connectivity index (χ2v) is 6.96. The van der Waals surface area contributed by atoms with Gasteiger partial charge in [-0.05, 0) is 29.7 Å². The molecule has 3 atom stereocenters. The van der Waals surface area contributed by atoms with E-state index in [1.165, 1.54) is 11.1 Å². The van der Waals surface area contributed by atoms with Crippen LogP contribution in [-0.2, 0) is 18.3 Å². The third kappa shape index (κ3) is 2.47. The van der Waals surface area contributed by atoms with Gasteiger partial charge in [0, 0.05) is 50.4 Å². The summed E-state index contributed by atoms with van der Waals surface area (Å²) in [5.41, 5.74) is 11.0. The normalized spacial score (nSPS) is 25.6. The molecule has 0 spiro atoms. The van der Waals surface area contributed by atoms with Crippen molar-refractivity contribution >= 4 is 11.6 Å². The van der Waals surface area contributed by atoms with E-state index in [-0.39, 0.29) is 23.9 Å². The quantitative estimate of drug-likeness (QED) is 0.864. The van der Waals surface area contributed by atoms with Crippen molar-refractivity contribution in [3.8, 4) is 0 Å². The van der Waals surface area contributed by atoms with Crippen LogP contribution in [0.4, 0.5) is 5.69 Å². The lowest BCUT2D eigenvalue weighted by molar-refractivity contribution is -0.130. The molecule has 0 saturated carbocycles. The number of anilines is 1. The van der Waals surface area contributed by atoms with Crippen molar-refractivity contribution in [1.82, 2.24) is 14.7 Å². The predicted octanol–water partition coefficient (Wildman–Crippen LogP) is 1.02. The highest BCUT2D eigenvalue weighted by Gasteiger charge is 2.38. The van der Waals surface area contributed by atoms with Crippen LogP contribution in [0.2, 0.25) is 0 Å². The minimum atomic E-state index is -0.180. The van der Waals surface area contributed by atoms with E-state index in [2.05, 4.69) is 23.4 Å². The first-order valence-electron chi connectivity index (χ1n) is 8.41. The first kappa shape index (κ1) is 15.2. The number of nitrogens with zero attached hydrogens (tertiary/aromatic N) is 3. The number of benzene rings is 1. The molecule has 1 fully saturated rings. The smallest absolute Gasteiger partial charge is 0.245 e. The van der Waals surface area contributed by atoms with Gasteiger partial charge >= 0.3 is 0 Å². The molecule has 6 heteroatoms. The van der Waals surface area contributed by atoms with E-state index in [9.17, 15) is 4.79 Å². The van der Waals surface area contributed by atoms with Crippen LogP contribution < -0.4 is 11.1 Å². The Bertz CT molecular complexity index is 783. The number of likely N-dealkylation sites (tertiary alicyclic amines) is 1. The zero-order valence-electron chi connectivity index (χ0n) is 14.1. The molecule has 0 radical (unpaired) electrons. The van der Waals surface area contributed by atoms with Gasteiger partial charge in [0.1, 0.15) is 6.04 Å². The van der Waals surface area contributed by atoms with Crippen LogP contribution in [-0.4, -0.2) is 45.8 Å². The molecule has 126 valence electrons. The molecule has 0 aliphatic carbocycles. The Morgan fingerprint density at radius 1 is 1.38 bits per heavy atom. The largest absolute Gasteiger partial charge is 0.373 e. The molecule has 3 N–H and O–H groups in total. The fourth-order valence-corrected chi connectivity index (χ4v) is 3.91. The maximum absolute atomic E-state index is 12.9. The summed E-state index contributed by atoms with van der Waals surface area (Å²) in [7, 11) is 1.90. The van der Waals surface area contributed by atoms with Gasteiger partial charge in [0.2, 0.25) is 5.91 Å². The average Bonchev–Trinajstić information content (AvgIpc) is 3.25. The molecule has 1 aromatic heterocycles. The summed E-state index contributed by atoms with van der Waals surface area (Å²) in [5.74, 6) is 0.306. The molecule has 1 aromatic carbocycles. The lowest BCUT2D eigenvalue weighted by Gasteiger charge is -2.21. The molecule has 1 saturated heterocycles. The Morgan fingerprint density at radius 2 is 2.21 bits per heavy atom. The monoisotopic (exact) mass is 325 g/mol. The van der Waals surface area contributed by atoms with E-state index in [0.29, 0.717) is 13.1 Å². The standard InChI is InChI=1S/C18H23N5O/c1-11-4-3-5-16-13(11)6-17(21-16)18(24)23-9-14(15(19)10-23)12-7-20-22(2)8-12/h3-5,7-8,14-15,17,21H,6,9-10,19H2,1-2H3/t14-,15+,17?/m0/s1. The number of fused-ring (bicyclic) bond motifs is 1. The summed E-state index contributed by atoms with van der Waals surface area (Å²) >= 11 is 0. The van der Waals surface area contributed by atoms with Gasteiger partial charge < -0.3 is 16.0 Å². The molecule has 24 heavy (non-hydrogen) atoms. The molecule has 2 aliphatic rings. The first-order valence-corrected chi connectivity index (χ1v) is 8.41. The number of carbonyl (C=O) groups excluding carboxylic acids is 1. The van der Waals surface area contributed by atoms with Crippen molar-refractivity contribution in [1.29, 1.82) is 0 Å². The number of carbonyl (C=O) groups is 1. The molecule has 6 nitrogen and oxygen atoms in total. The molecule has 3 heterocycles. The summed E-state index contributed by atoms with van der Waals surface area (Å²) in [6.07, 6.45) is 4.60. The Balaban J connectivity index is 1.48. The molecule has 2 aliphatic heterocycles. The molecular weight excluding hydrogens is 302 g/mol. The summed E-state index contributed by atoms with van der Waals surface area (Å²) in [6.45, 7) is 3.36.